The molecule has 1 aromatic carbocycles. The molecule has 4 rings (SSSR count). The molecule has 1 N–H and O–H groups in total. The standard InChI is InChI=1S/C24H29FN4O2/c1-14-10-20(14)24(31)29-9-8-18(13-29)23-27-15(2)21(16(3)28-23)11-22(30)26-12-17-4-6-19(25)7-5-17/h4-7,14,18,20H,8-13H2,1-3H3,(H,26,30)/t14-,18-,20+/m1/s1. The number of aryl methyl sites for hydroxylation is 2. The largest absolute Gasteiger partial charge is 0.352 e. The van der Waals surface area contributed by atoms with Crippen LogP contribution in [0, 0.1) is 31.5 Å². The number of hydrogen-bond acceptors (Lipinski definition) is 4. The van der Waals surface area contributed by atoms with Gasteiger partial charge < -0.3 is 10.2 Å². The molecule has 3 atom stereocenters. The van der Waals surface area contributed by atoms with Crippen LogP contribution in [0.1, 0.15) is 54.0 Å². The molecule has 0 radical (unpaired) electrons. The number of carbonyl (C=O) groups is 2. The van der Waals surface area contributed by atoms with Gasteiger partial charge in [-0.2, -0.15) is 0 Å². The highest BCUT2D eigenvalue weighted by Gasteiger charge is 2.43. The van der Waals surface area contributed by atoms with Gasteiger partial charge in [0.25, 0.3) is 0 Å². The van der Waals surface area contributed by atoms with Crippen molar-refractivity contribution in [1.29, 1.82) is 0 Å². The Kier molecular flexibility index (Phi) is 6.03. The molecule has 2 aromatic rings. The molecule has 2 fully saturated rings. The van der Waals surface area contributed by atoms with E-state index in [0.29, 0.717) is 19.0 Å². The van der Waals surface area contributed by atoms with Crippen molar-refractivity contribution in [3.63, 3.8) is 0 Å². The molecule has 1 aliphatic carbocycles. The van der Waals surface area contributed by atoms with Crippen LogP contribution in [0.5, 0.6) is 0 Å². The first-order valence-corrected chi connectivity index (χ1v) is 11.0. The summed E-state index contributed by atoms with van der Waals surface area (Å²) in [6.45, 7) is 7.73. The molecule has 31 heavy (non-hydrogen) atoms. The molecule has 0 unspecified atom stereocenters. The van der Waals surface area contributed by atoms with Crippen LogP contribution < -0.4 is 5.32 Å². The van der Waals surface area contributed by atoms with Crippen molar-refractivity contribution in [2.45, 2.75) is 52.5 Å². The summed E-state index contributed by atoms with van der Waals surface area (Å²) < 4.78 is 13.0. The Labute approximate surface area is 182 Å². The number of nitrogens with one attached hydrogen (secondary N) is 1. The van der Waals surface area contributed by atoms with Gasteiger partial charge in [-0.3, -0.25) is 9.59 Å². The predicted molar refractivity (Wildman–Crippen MR) is 115 cm³/mol. The fourth-order valence-corrected chi connectivity index (χ4v) is 4.30. The van der Waals surface area contributed by atoms with Crippen LogP contribution in [0.15, 0.2) is 24.3 Å². The van der Waals surface area contributed by atoms with Gasteiger partial charge in [0, 0.05) is 48.4 Å². The molecule has 1 saturated heterocycles. The first-order valence-electron chi connectivity index (χ1n) is 11.0. The zero-order valence-corrected chi connectivity index (χ0v) is 18.3. The van der Waals surface area contributed by atoms with Crippen LogP contribution in [0.25, 0.3) is 0 Å². The van der Waals surface area contributed by atoms with Gasteiger partial charge in [-0.05, 0) is 50.3 Å². The lowest BCUT2D eigenvalue weighted by atomic mass is 10.0. The van der Waals surface area contributed by atoms with Crippen LogP contribution in [0.3, 0.4) is 0 Å². The summed E-state index contributed by atoms with van der Waals surface area (Å²) in [7, 11) is 0. The van der Waals surface area contributed by atoms with E-state index in [1.54, 1.807) is 12.1 Å². The Morgan fingerprint density at radius 1 is 1.16 bits per heavy atom. The van der Waals surface area contributed by atoms with Crippen molar-refractivity contribution in [3.05, 3.63) is 58.4 Å². The van der Waals surface area contributed by atoms with Gasteiger partial charge in [0.05, 0.1) is 6.42 Å². The molecule has 1 aliphatic heterocycles. The Bertz CT molecular complexity index is 969. The fraction of sp³-hybridized carbons (Fsp3) is 0.500. The summed E-state index contributed by atoms with van der Waals surface area (Å²) >= 11 is 0. The number of amides is 2. The summed E-state index contributed by atoms with van der Waals surface area (Å²) in [6, 6.07) is 6.07. The number of carbonyl (C=O) groups excluding carboxylic acids is 2. The normalized spacial score (nSPS) is 22.5. The van der Waals surface area contributed by atoms with E-state index in [-0.39, 0.29) is 35.9 Å². The first-order chi connectivity index (χ1) is 14.8. The second-order valence-electron chi connectivity index (χ2n) is 8.90. The third kappa shape index (κ3) is 4.92. The Morgan fingerprint density at radius 3 is 2.42 bits per heavy atom. The average Bonchev–Trinajstić information content (AvgIpc) is 3.26. The monoisotopic (exact) mass is 424 g/mol. The van der Waals surface area contributed by atoms with Crippen molar-refractivity contribution in [2.24, 2.45) is 11.8 Å². The maximum atomic E-state index is 13.0. The van der Waals surface area contributed by atoms with Gasteiger partial charge in [-0.1, -0.05) is 19.1 Å². The maximum Gasteiger partial charge on any atom is 0.225 e. The van der Waals surface area contributed by atoms with E-state index in [1.807, 2.05) is 18.7 Å². The first kappa shape index (κ1) is 21.4. The van der Waals surface area contributed by atoms with Crippen LogP contribution in [-0.2, 0) is 22.6 Å². The van der Waals surface area contributed by atoms with E-state index >= 15 is 0 Å². The molecular formula is C24H29FN4O2. The van der Waals surface area contributed by atoms with E-state index in [0.717, 1.165) is 47.7 Å². The average molecular weight is 425 g/mol. The summed E-state index contributed by atoms with van der Waals surface area (Å²) in [5.41, 5.74) is 3.29. The van der Waals surface area contributed by atoms with Crippen molar-refractivity contribution in [2.75, 3.05) is 13.1 Å². The smallest absolute Gasteiger partial charge is 0.225 e. The molecule has 1 aromatic heterocycles. The maximum absolute atomic E-state index is 13.0. The lowest BCUT2D eigenvalue weighted by Gasteiger charge is -2.17. The summed E-state index contributed by atoms with van der Waals surface area (Å²) in [4.78, 5) is 36.3. The molecule has 0 bridgehead atoms. The van der Waals surface area contributed by atoms with E-state index in [4.69, 9.17) is 9.97 Å². The van der Waals surface area contributed by atoms with E-state index in [9.17, 15) is 14.0 Å². The van der Waals surface area contributed by atoms with Crippen LogP contribution in [0.4, 0.5) is 4.39 Å². The molecule has 7 heteroatoms. The molecule has 2 amide bonds. The molecule has 6 nitrogen and oxygen atoms in total. The SMILES string of the molecule is Cc1nc([C@@H]2CCN(C(=O)[C@H]3C[C@H]3C)C2)nc(C)c1CC(=O)NCc1ccc(F)cc1. The number of rotatable bonds is 6. The molecule has 164 valence electrons. The van der Waals surface area contributed by atoms with Crippen LogP contribution >= 0.6 is 0 Å². The minimum atomic E-state index is -0.296. The number of hydrogen-bond donors (Lipinski definition) is 1. The van der Waals surface area contributed by atoms with Gasteiger partial charge in [0.15, 0.2) is 0 Å². The molecular weight excluding hydrogens is 395 g/mol. The zero-order chi connectivity index (χ0) is 22.1. The lowest BCUT2D eigenvalue weighted by molar-refractivity contribution is -0.131. The minimum absolute atomic E-state index is 0.122. The summed E-state index contributed by atoms with van der Waals surface area (Å²) in [5, 5.41) is 2.87. The number of aromatic nitrogens is 2. The van der Waals surface area contributed by atoms with E-state index in [1.165, 1.54) is 12.1 Å². The predicted octanol–water partition coefficient (Wildman–Crippen LogP) is 3.06. The molecule has 1 saturated carbocycles. The Morgan fingerprint density at radius 2 is 1.81 bits per heavy atom. The van der Waals surface area contributed by atoms with Crippen molar-refractivity contribution in [1.82, 2.24) is 20.2 Å². The van der Waals surface area contributed by atoms with Crippen molar-refractivity contribution in [3.8, 4) is 0 Å². The third-order valence-corrected chi connectivity index (χ3v) is 6.47. The zero-order valence-electron chi connectivity index (χ0n) is 18.3. The number of nitrogens with zero attached hydrogens (tertiary/aromatic N) is 3. The van der Waals surface area contributed by atoms with Gasteiger partial charge in [-0.25, -0.2) is 14.4 Å². The Hall–Kier alpha value is -2.83. The van der Waals surface area contributed by atoms with Crippen LogP contribution in [0.2, 0.25) is 0 Å². The van der Waals surface area contributed by atoms with Gasteiger partial charge in [0.1, 0.15) is 11.6 Å². The Balaban J connectivity index is 1.36. The van der Waals surface area contributed by atoms with Crippen molar-refractivity contribution < 1.29 is 14.0 Å². The lowest BCUT2D eigenvalue weighted by Crippen LogP contribution is -2.30. The molecule has 0 spiro atoms. The quantitative estimate of drug-likeness (QED) is 0.773. The molecule has 2 heterocycles. The number of halogens is 1. The highest BCUT2D eigenvalue weighted by molar-refractivity contribution is 5.82. The second-order valence-corrected chi connectivity index (χ2v) is 8.90. The summed E-state index contributed by atoms with van der Waals surface area (Å²) in [5.74, 6) is 1.50. The van der Waals surface area contributed by atoms with Gasteiger partial charge >= 0.3 is 0 Å². The van der Waals surface area contributed by atoms with Gasteiger partial charge in [0.2, 0.25) is 11.8 Å². The third-order valence-electron chi connectivity index (χ3n) is 6.47. The van der Waals surface area contributed by atoms with Gasteiger partial charge in [-0.15, -0.1) is 0 Å². The fourth-order valence-electron chi connectivity index (χ4n) is 4.30. The van der Waals surface area contributed by atoms with Crippen LogP contribution in [-0.4, -0.2) is 39.8 Å². The molecule has 2 aliphatic rings. The van der Waals surface area contributed by atoms with Crippen molar-refractivity contribution >= 4 is 11.8 Å². The van der Waals surface area contributed by atoms with E-state index < -0.39 is 0 Å². The van der Waals surface area contributed by atoms with E-state index in [2.05, 4.69) is 12.2 Å². The number of likely N-dealkylation sites (tertiary alicyclic amines) is 1. The highest BCUT2D eigenvalue weighted by atomic mass is 19.1. The topological polar surface area (TPSA) is 75.2 Å². The number of benzene rings is 1. The minimum Gasteiger partial charge on any atom is -0.352 e. The summed E-state index contributed by atoms with van der Waals surface area (Å²) in [6.07, 6.45) is 2.09. The second kappa shape index (κ2) is 8.73. The highest BCUT2D eigenvalue weighted by Crippen LogP contribution is 2.40.